The minimum Gasteiger partial charge on any atom is -0.325 e. The second-order valence-electron chi connectivity index (χ2n) is 8.93. The monoisotopic (exact) mass is 294 g/mol. The molecule has 1 aliphatic carbocycles. The maximum Gasteiger partial charge on any atom is 0.243 e. The lowest BCUT2D eigenvalue weighted by Crippen LogP contribution is -2.44. The lowest BCUT2D eigenvalue weighted by molar-refractivity contribution is -0.133. The normalized spacial score (nSPS) is 34.8. The highest BCUT2D eigenvalue weighted by Gasteiger charge is 2.65. The Kier molecular flexibility index (Phi) is 3.98. The summed E-state index contributed by atoms with van der Waals surface area (Å²) in [5, 5.41) is 3.61. The van der Waals surface area contributed by atoms with E-state index < -0.39 is 0 Å². The van der Waals surface area contributed by atoms with Crippen LogP contribution in [0.3, 0.4) is 0 Å². The fourth-order valence-electron chi connectivity index (χ4n) is 4.05. The van der Waals surface area contributed by atoms with Crippen LogP contribution in [0.15, 0.2) is 0 Å². The van der Waals surface area contributed by atoms with E-state index in [4.69, 9.17) is 0 Å². The molecule has 122 valence electrons. The molecule has 1 saturated carbocycles. The molecule has 0 radical (unpaired) electrons. The highest BCUT2D eigenvalue weighted by atomic mass is 16.2. The van der Waals surface area contributed by atoms with Gasteiger partial charge in [-0.2, -0.15) is 0 Å². The van der Waals surface area contributed by atoms with Crippen LogP contribution in [0.4, 0.5) is 0 Å². The van der Waals surface area contributed by atoms with E-state index in [0.29, 0.717) is 28.6 Å². The maximum absolute atomic E-state index is 12.9. The van der Waals surface area contributed by atoms with Gasteiger partial charge in [0.15, 0.2) is 0 Å². The predicted molar refractivity (Wildman–Crippen MR) is 87.8 cm³/mol. The van der Waals surface area contributed by atoms with E-state index >= 15 is 0 Å². The van der Waals surface area contributed by atoms with Crippen LogP contribution in [0.2, 0.25) is 0 Å². The van der Waals surface area contributed by atoms with Crippen molar-refractivity contribution in [3.63, 3.8) is 0 Å². The summed E-state index contributed by atoms with van der Waals surface area (Å²) < 4.78 is 0. The molecule has 21 heavy (non-hydrogen) atoms. The fourth-order valence-corrected chi connectivity index (χ4v) is 4.05. The molecular weight excluding hydrogens is 260 g/mol. The Bertz CT molecular complexity index is 413. The van der Waals surface area contributed by atoms with Gasteiger partial charge in [0.2, 0.25) is 5.91 Å². The summed E-state index contributed by atoms with van der Waals surface area (Å²) in [7, 11) is 0. The van der Waals surface area contributed by atoms with Crippen LogP contribution >= 0.6 is 0 Å². The molecule has 1 amide bonds. The smallest absolute Gasteiger partial charge is 0.243 e. The Balaban J connectivity index is 2.17. The first-order valence-electron chi connectivity index (χ1n) is 8.56. The van der Waals surface area contributed by atoms with Crippen molar-refractivity contribution in [2.45, 2.75) is 79.9 Å². The van der Waals surface area contributed by atoms with E-state index in [0.717, 1.165) is 19.4 Å². The molecule has 0 aromatic rings. The third-order valence-corrected chi connectivity index (χ3v) is 6.69. The Morgan fingerprint density at radius 3 is 2.05 bits per heavy atom. The van der Waals surface area contributed by atoms with Crippen molar-refractivity contribution in [3.05, 3.63) is 0 Å². The summed E-state index contributed by atoms with van der Waals surface area (Å²) in [5.41, 5.74) is 0.296. The molecule has 0 bridgehead atoms. The standard InChI is InChI=1S/C18H34N2O/c1-9-18(8)15(21)20(14(19-18)10-12(2)3)11-13-16(4,5)17(13,6)7/h12-14,19H,9-11H2,1-8H3. The second kappa shape index (κ2) is 4.97. The minimum absolute atomic E-state index is 0.203. The van der Waals surface area contributed by atoms with Gasteiger partial charge in [-0.25, -0.2) is 0 Å². The molecule has 2 fully saturated rings. The zero-order chi connectivity index (χ0) is 16.2. The average molecular weight is 294 g/mol. The number of hydrogen-bond acceptors (Lipinski definition) is 2. The van der Waals surface area contributed by atoms with Crippen LogP contribution in [0, 0.1) is 22.7 Å². The first kappa shape index (κ1) is 16.8. The summed E-state index contributed by atoms with van der Waals surface area (Å²) in [5.74, 6) is 1.50. The van der Waals surface area contributed by atoms with E-state index in [1.165, 1.54) is 0 Å². The third kappa shape index (κ3) is 2.52. The van der Waals surface area contributed by atoms with Gasteiger partial charge in [-0.15, -0.1) is 0 Å². The van der Waals surface area contributed by atoms with E-state index in [-0.39, 0.29) is 11.7 Å². The van der Waals surface area contributed by atoms with Crippen LogP contribution in [-0.2, 0) is 4.79 Å². The number of carbonyl (C=O) groups excluding carboxylic acids is 1. The first-order chi connectivity index (χ1) is 9.47. The van der Waals surface area contributed by atoms with Crippen molar-refractivity contribution in [1.82, 2.24) is 10.2 Å². The minimum atomic E-state index is -0.372. The van der Waals surface area contributed by atoms with E-state index in [9.17, 15) is 4.79 Å². The number of hydrogen-bond donors (Lipinski definition) is 1. The van der Waals surface area contributed by atoms with Gasteiger partial charge in [-0.3, -0.25) is 10.1 Å². The van der Waals surface area contributed by atoms with E-state index in [1.54, 1.807) is 0 Å². The lowest BCUT2D eigenvalue weighted by atomic mass is 9.99. The number of carbonyl (C=O) groups is 1. The molecule has 1 N–H and O–H groups in total. The highest BCUT2D eigenvalue weighted by Crippen LogP contribution is 2.68. The second-order valence-corrected chi connectivity index (χ2v) is 8.93. The molecule has 2 rings (SSSR count). The van der Waals surface area contributed by atoms with Crippen molar-refractivity contribution in [1.29, 1.82) is 0 Å². The number of rotatable bonds is 5. The third-order valence-electron chi connectivity index (χ3n) is 6.69. The summed E-state index contributed by atoms with van der Waals surface area (Å²) in [6.07, 6.45) is 2.10. The van der Waals surface area contributed by atoms with Crippen molar-refractivity contribution in [3.8, 4) is 0 Å². The zero-order valence-corrected chi connectivity index (χ0v) is 15.2. The molecule has 3 heteroatoms. The fraction of sp³-hybridized carbons (Fsp3) is 0.944. The predicted octanol–water partition coefficient (Wildman–Crippen LogP) is 3.64. The maximum atomic E-state index is 12.9. The molecular formula is C18H34N2O. The Morgan fingerprint density at radius 1 is 1.14 bits per heavy atom. The molecule has 0 spiro atoms. The Hall–Kier alpha value is -0.570. The summed E-state index contributed by atoms with van der Waals surface area (Å²) >= 11 is 0. The first-order valence-corrected chi connectivity index (χ1v) is 8.56. The molecule has 1 heterocycles. The van der Waals surface area contributed by atoms with Gasteiger partial charge in [-0.05, 0) is 42.4 Å². The zero-order valence-electron chi connectivity index (χ0n) is 15.2. The molecule has 0 aromatic heterocycles. The lowest BCUT2D eigenvalue weighted by Gasteiger charge is -2.26. The van der Waals surface area contributed by atoms with Gasteiger partial charge in [0.1, 0.15) is 0 Å². The van der Waals surface area contributed by atoms with Crippen molar-refractivity contribution < 1.29 is 4.79 Å². The van der Waals surface area contributed by atoms with E-state index in [2.05, 4.69) is 65.6 Å². The summed E-state index contributed by atoms with van der Waals surface area (Å²) in [6, 6.07) is 0. The molecule has 0 aromatic carbocycles. The van der Waals surface area contributed by atoms with E-state index in [1.807, 2.05) is 0 Å². The van der Waals surface area contributed by atoms with Gasteiger partial charge in [0, 0.05) is 6.54 Å². The molecule has 2 aliphatic rings. The van der Waals surface area contributed by atoms with Crippen LogP contribution in [0.1, 0.15) is 68.2 Å². The molecule has 1 aliphatic heterocycles. The van der Waals surface area contributed by atoms with Crippen LogP contribution in [-0.4, -0.2) is 29.1 Å². The SMILES string of the molecule is CCC1(C)NC(CC(C)C)N(CC2C(C)(C)C2(C)C)C1=O. The number of amides is 1. The van der Waals surface area contributed by atoms with Crippen LogP contribution < -0.4 is 5.32 Å². The summed E-state index contributed by atoms with van der Waals surface area (Å²) in [6.45, 7) is 18.9. The summed E-state index contributed by atoms with van der Waals surface area (Å²) in [4.78, 5) is 15.0. The topological polar surface area (TPSA) is 32.3 Å². The van der Waals surface area contributed by atoms with Gasteiger partial charge < -0.3 is 4.90 Å². The van der Waals surface area contributed by atoms with Crippen molar-refractivity contribution in [2.24, 2.45) is 22.7 Å². The van der Waals surface area contributed by atoms with Crippen molar-refractivity contribution >= 4 is 5.91 Å². The van der Waals surface area contributed by atoms with Gasteiger partial charge in [0.05, 0.1) is 11.7 Å². The van der Waals surface area contributed by atoms with Gasteiger partial charge >= 0.3 is 0 Å². The quantitative estimate of drug-likeness (QED) is 0.839. The van der Waals surface area contributed by atoms with Crippen LogP contribution in [0.25, 0.3) is 0 Å². The Labute approximate surface area is 130 Å². The Morgan fingerprint density at radius 2 is 1.67 bits per heavy atom. The molecule has 2 unspecified atom stereocenters. The van der Waals surface area contributed by atoms with Crippen LogP contribution in [0.5, 0.6) is 0 Å². The average Bonchev–Trinajstić information content (AvgIpc) is 2.60. The molecule has 3 nitrogen and oxygen atoms in total. The van der Waals surface area contributed by atoms with Crippen molar-refractivity contribution in [2.75, 3.05) is 6.54 Å². The van der Waals surface area contributed by atoms with Gasteiger partial charge in [-0.1, -0.05) is 48.5 Å². The molecule has 2 atom stereocenters. The number of nitrogens with one attached hydrogen (secondary N) is 1. The highest BCUT2D eigenvalue weighted by molar-refractivity contribution is 5.88. The number of nitrogens with zero attached hydrogens (tertiary/aromatic N) is 1. The molecule has 1 saturated heterocycles. The largest absolute Gasteiger partial charge is 0.325 e. The van der Waals surface area contributed by atoms with Gasteiger partial charge in [0.25, 0.3) is 0 Å².